The van der Waals surface area contributed by atoms with E-state index in [0.29, 0.717) is 23.7 Å². The topological polar surface area (TPSA) is 51.2 Å². The fourth-order valence-corrected chi connectivity index (χ4v) is 1.93. The Labute approximate surface area is 129 Å². The first kappa shape index (κ1) is 15.3. The number of carbonyl (C=O) groups is 1. The minimum atomic E-state index is -0.520. The Kier molecular flexibility index (Phi) is 5.58. The Morgan fingerprint density at radius 2 is 1.90 bits per heavy atom. The van der Waals surface area contributed by atoms with Crippen LogP contribution in [0.5, 0.6) is 5.75 Å². The van der Waals surface area contributed by atoms with E-state index in [1.54, 1.807) is 36.7 Å². The third-order valence-electron chi connectivity index (χ3n) is 2.97. The van der Waals surface area contributed by atoms with Gasteiger partial charge in [0.1, 0.15) is 5.75 Å². The molecule has 0 saturated heterocycles. The van der Waals surface area contributed by atoms with Crippen LogP contribution in [0.2, 0.25) is 5.02 Å². The summed E-state index contributed by atoms with van der Waals surface area (Å²) in [6, 6.07) is 10.7. The van der Waals surface area contributed by atoms with Crippen LogP contribution in [-0.4, -0.2) is 17.0 Å². The second-order valence-corrected chi connectivity index (χ2v) is 4.98. The first-order valence-corrected chi connectivity index (χ1v) is 7.15. The van der Waals surface area contributed by atoms with Gasteiger partial charge >= 0.3 is 0 Å². The van der Waals surface area contributed by atoms with Gasteiger partial charge in [0, 0.05) is 24.0 Å². The lowest BCUT2D eigenvalue weighted by molar-refractivity contribution is -0.128. The maximum absolute atomic E-state index is 12.1. The molecule has 0 saturated carbocycles. The molecule has 0 fully saturated rings. The molecule has 21 heavy (non-hydrogen) atoms. The summed E-state index contributed by atoms with van der Waals surface area (Å²) in [4.78, 5) is 16.1. The van der Waals surface area contributed by atoms with Gasteiger partial charge in [-0.1, -0.05) is 18.5 Å². The van der Waals surface area contributed by atoms with Gasteiger partial charge in [0.05, 0.1) is 0 Å². The summed E-state index contributed by atoms with van der Waals surface area (Å²) in [7, 11) is 0. The normalized spacial score (nSPS) is 11.7. The smallest absolute Gasteiger partial charge is 0.261 e. The average Bonchev–Trinajstić information content (AvgIpc) is 2.53. The van der Waals surface area contributed by atoms with Gasteiger partial charge < -0.3 is 10.1 Å². The summed E-state index contributed by atoms with van der Waals surface area (Å²) >= 11 is 5.82. The summed E-state index contributed by atoms with van der Waals surface area (Å²) in [6.45, 7) is 2.37. The van der Waals surface area contributed by atoms with Crippen LogP contribution in [0.4, 0.5) is 0 Å². The highest BCUT2D eigenvalue weighted by Crippen LogP contribution is 2.17. The molecule has 1 aromatic carbocycles. The van der Waals surface area contributed by atoms with E-state index in [1.165, 1.54) is 0 Å². The highest BCUT2D eigenvalue weighted by molar-refractivity contribution is 6.30. The number of benzene rings is 1. The van der Waals surface area contributed by atoms with Crippen LogP contribution in [0.3, 0.4) is 0 Å². The number of ether oxygens (including phenoxy) is 1. The van der Waals surface area contributed by atoms with Crippen LogP contribution in [0.25, 0.3) is 0 Å². The van der Waals surface area contributed by atoms with Crippen LogP contribution in [0, 0.1) is 0 Å². The first-order chi connectivity index (χ1) is 10.2. The molecule has 1 atom stereocenters. The number of carbonyl (C=O) groups excluding carboxylic acids is 1. The maximum atomic E-state index is 12.1. The molecular formula is C16H17ClN2O2. The van der Waals surface area contributed by atoms with Crippen LogP contribution in [0.1, 0.15) is 18.9 Å². The van der Waals surface area contributed by atoms with Crippen molar-refractivity contribution in [3.63, 3.8) is 0 Å². The summed E-state index contributed by atoms with van der Waals surface area (Å²) in [6.07, 6.45) is 3.46. The van der Waals surface area contributed by atoms with Gasteiger partial charge in [0.2, 0.25) is 0 Å². The zero-order chi connectivity index (χ0) is 15.1. The van der Waals surface area contributed by atoms with Gasteiger partial charge in [0.25, 0.3) is 5.91 Å². The van der Waals surface area contributed by atoms with Gasteiger partial charge in [-0.05, 0) is 48.4 Å². The van der Waals surface area contributed by atoms with E-state index in [4.69, 9.17) is 16.3 Å². The van der Waals surface area contributed by atoms with Crippen LogP contribution in [-0.2, 0) is 11.3 Å². The van der Waals surface area contributed by atoms with Gasteiger partial charge in [-0.2, -0.15) is 0 Å². The van der Waals surface area contributed by atoms with E-state index in [0.717, 1.165) is 5.56 Å². The van der Waals surface area contributed by atoms with Gasteiger partial charge in [0.15, 0.2) is 6.10 Å². The average molecular weight is 305 g/mol. The Morgan fingerprint density at radius 3 is 2.52 bits per heavy atom. The molecule has 4 nitrogen and oxygen atoms in total. The highest BCUT2D eigenvalue weighted by Gasteiger charge is 2.17. The maximum Gasteiger partial charge on any atom is 0.261 e. The van der Waals surface area contributed by atoms with E-state index in [-0.39, 0.29) is 5.91 Å². The fraction of sp³-hybridized carbons (Fsp3) is 0.250. The molecule has 2 rings (SSSR count). The Hall–Kier alpha value is -2.07. The lowest BCUT2D eigenvalue weighted by Crippen LogP contribution is -2.37. The van der Waals surface area contributed by atoms with Crippen molar-refractivity contribution in [1.82, 2.24) is 10.3 Å². The van der Waals surface area contributed by atoms with Crippen LogP contribution < -0.4 is 10.1 Å². The Balaban J connectivity index is 1.90. The molecule has 0 spiro atoms. The van der Waals surface area contributed by atoms with E-state index in [2.05, 4.69) is 10.3 Å². The molecule has 1 heterocycles. The second kappa shape index (κ2) is 7.64. The number of amides is 1. The predicted octanol–water partition coefficient (Wildman–Crippen LogP) is 3.21. The summed E-state index contributed by atoms with van der Waals surface area (Å²) < 4.78 is 5.69. The van der Waals surface area contributed by atoms with E-state index in [9.17, 15) is 4.79 Å². The molecule has 1 N–H and O–H groups in total. The van der Waals surface area contributed by atoms with Crippen molar-refractivity contribution in [3.8, 4) is 5.75 Å². The minimum absolute atomic E-state index is 0.135. The van der Waals surface area contributed by atoms with E-state index < -0.39 is 6.10 Å². The van der Waals surface area contributed by atoms with Crippen LogP contribution in [0.15, 0.2) is 48.8 Å². The number of nitrogens with one attached hydrogen (secondary N) is 1. The number of rotatable bonds is 6. The zero-order valence-electron chi connectivity index (χ0n) is 11.8. The van der Waals surface area contributed by atoms with Crippen molar-refractivity contribution in [1.29, 1.82) is 0 Å². The van der Waals surface area contributed by atoms with E-state index >= 15 is 0 Å². The molecule has 5 heteroatoms. The summed E-state index contributed by atoms with van der Waals surface area (Å²) in [5.74, 6) is 0.495. The molecule has 1 unspecified atom stereocenters. The lowest BCUT2D eigenvalue weighted by Gasteiger charge is -2.17. The molecular weight excluding hydrogens is 288 g/mol. The SMILES string of the molecule is CCC(Oc1ccc(Cl)cc1)C(=O)NCc1ccncc1. The molecule has 110 valence electrons. The lowest BCUT2D eigenvalue weighted by atomic mass is 10.2. The zero-order valence-corrected chi connectivity index (χ0v) is 12.5. The predicted molar refractivity (Wildman–Crippen MR) is 82.2 cm³/mol. The summed E-state index contributed by atoms with van der Waals surface area (Å²) in [5.41, 5.74) is 1.000. The monoisotopic (exact) mass is 304 g/mol. The van der Waals surface area contributed by atoms with E-state index in [1.807, 2.05) is 19.1 Å². The summed E-state index contributed by atoms with van der Waals surface area (Å²) in [5, 5.41) is 3.50. The molecule has 0 radical (unpaired) electrons. The standard InChI is InChI=1S/C16H17ClN2O2/c1-2-15(21-14-5-3-13(17)4-6-14)16(20)19-11-12-7-9-18-10-8-12/h3-10,15H,2,11H2,1H3,(H,19,20). The molecule has 0 aliphatic rings. The molecule has 0 aliphatic heterocycles. The molecule has 1 aromatic heterocycles. The van der Waals surface area contributed by atoms with Gasteiger partial charge in [-0.15, -0.1) is 0 Å². The number of hydrogen-bond donors (Lipinski definition) is 1. The molecule has 2 aromatic rings. The van der Waals surface area contributed by atoms with Crippen molar-refractivity contribution >= 4 is 17.5 Å². The third-order valence-corrected chi connectivity index (χ3v) is 3.22. The number of hydrogen-bond acceptors (Lipinski definition) is 3. The number of pyridine rings is 1. The highest BCUT2D eigenvalue weighted by atomic mass is 35.5. The van der Waals surface area contributed by atoms with Crippen molar-refractivity contribution < 1.29 is 9.53 Å². The van der Waals surface area contributed by atoms with Crippen molar-refractivity contribution in [2.45, 2.75) is 26.0 Å². The van der Waals surface area contributed by atoms with Crippen molar-refractivity contribution in [2.75, 3.05) is 0 Å². The molecule has 0 bridgehead atoms. The van der Waals surface area contributed by atoms with Gasteiger partial charge in [-0.3, -0.25) is 9.78 Å². The Morgan fingerprint density at radius 1 is 1.24 bits per heavy atom. The first-order valence-electron chi connectivity index (χ1n) is 6.78. The quantitative estimate of drug-likeness (QED) is 0.891. The minimum Gasteiger partial charge on any atom is -0.481 e. The second-order valence-electron chi connectivity index (χ2n) is 4.54. The van der Waals surface area contributed by atoms with Crippen molar-refractivity contribution in [2.24, 2.45) is 0 Å². The molecule has 0 aliphatic carbocycles. The number of nitrogens with zero attached hydrogens (tertiary/aromatic N) is 1. The van der Waals surface area contributed by atoms with Crippen molar-refractivity contribution in [3.05, 3.63) is 59.4 Å². The number of aromatic nitrogens is 1. The Bertz CT molecular complexity index is 573. The third kappa shape index (κ3) is 4.76. The van der Waals surface area contributed by atoms with Crippen LogP contribution >= 0.6 is 11.6 Å². The van der Waals surface area contributed by atoms with Gasteiger partial charge in [-0.25, -0.2) is 0 Å². The largest absolute Gasteiger partial charge is 0.481 e. The number of halogens is 1. The fourth-order valence-electron chi connectivity index (χ4n) is 1.80. The molecule has 1 amide bonds.